The highest BCUT2D eigenvalue weighted by Crippen LogP contribution is 2.42. The summed E-state index contributed by atoms with van der Waals surface area (Å²) in [6.45, 7) is 0. The fourth-order valence-corrected chi connectivity index (χ4v) is 5.78. The van der Waals surface area contributed by atoms with Gasteiger partial charge in [0.2, 0.25) is 0 Å². The summed E-state index contributed by atoms with van der Waals surface area (Å²) in [4.78, 5) is 16.5. The van der Waals surface area contributed by atoms with Crippen molar-refractivity contribution < 1.29 is 13.2 Å². The van der Waals surface area contributed by atoms with Gasteiger partial charge in [-0.05, 0) is 37.8 Å². The lowest BCUT2D eigenvalue weighted by atomic mass is 9.91. The average Bonchev–Trinajstić information content (AvgIpc) is 2.66. The highest BCUT2D eigenvalue weighted by molar-refractivity contribution is 7.93. The van der Waals surface area contributed by atoms with Crippen LogP contribution in [-0.2, 0) is 9.84 Å². The van der Waals surface area contributed by atoms with Crippen molar-refractivity contribution in [3.63, 3.8) is 0 Å². The Balaban J connectivity index is 1.89. The van der Waals surface area contributed by atoms with Crippen molar-refractivity contribution >= 4 is 15.6 Å². The molecule has 104 valence electrons. The van der Waals surface area contributed by atoms with Crippen LogP contribution in [0.4, 0.5) is 0 Å². The predicted octanol–water partition coefficient (Wildman–Crippen LogP) is 1.49. The second-order valence-corrected chi connectivity index (χ2v) is 7.97. The number of carbonyl (C=O) groups excluding carboxylic acids is 1. The zero-order valence-corrected chi connectivity index (χ0v) is 11.6. The van der Waals surface area contributed by atoms with Crippen LogP contribution in [0.25, 0.3) is 0 Å². The van der Waals surface area contributed by atoms with E-state index in [2.05, 4.69) is 4.98 Å². The Kier molecular flexibility index (Phi) is 3.09. The molecule has 0 N–H and O–H groups in total. The maximum Gasteiger partial charge on any atom is 0.185 e. The lowest BCUT2D eigenvalue weighted by molar-refractivity contribution is 0.0900. The molecule has 3 heterocycles. The number of sulfone groups is 1. The smallest absolute Gasteiger partial charge is 0.185 e. The number of nitriles is 1. The van der Waals surface area contributed by atoms with Gasteiger partial charge in [-0.15, -0.1) is 0 Å². The topological polar surface area (TPSA) is 87.9 Å². The first kappa shape index (κ1) is 13.3. The predicted molar refractivity (Wildman–Crippen MR) is 71.7 cm³/mol. The summed E-state index contributed by atoms with van der Waals surface area (Å²) in [7, 11) is -3.03. The Labute approximate surface area is 117 Å². The molecule has 2 atom stereocenters. The third kappa shape index (κ3) is 1.93. The lowest BCUT2D eigenvalue weighted by Crippen LogP contribution is -2.36. The van der Waals surface area contributed by atoms with E-state index in [1.165, 1.54) is 6.20 Å². The molecule has 20 heavy (non-hydrogen) atoms. The molecule has 2 bridgehead atoms. The van der Waals surface area contributed by atoms with E-state index < -0.39 is 9.84 Å². The van der Waals surface area contributed by atoms with Crippen molar-refractivity contribution in [2.24, 2.45) is 5.92 Å². The minimum atomic E-state index is -3.03. The zero-order valence-electron chi connectivity index (χ0n) is 10.8. The van der Waals surface area contributed by atoms with Crippen molar-refractivity contribution in [3.05, 3.63) is 29.6 Å². The van der Waals surface area contributed by atoms with Gasteiger partial charge in [-0.2, -0.15) is 5.26 Å². The molecule has 0 spiro atoms. The standard InChI is InChI=1S/C14H14N2O3S/c15-8-9-2-1-5-16-13(9)14(17)10-6-11-3-4-12(7-10)20(11,18)19/h1-2,5,10-12H,3-4,6-7H2. The van der Waals surface area contributed by atoms with Crippen molar-refractivity contribution in [3.8, 4) is 6.07 Å². The van der Waals surface area contributed by atoms with Gasteiger partial charge in [-0.25, -0.2) is 8.42 Å². The first-order chi connectivity index (χ1) is 9.54. The Morgan fingerprint density at radius 1 is 1.30 bits per heavy atom. The molecule has 6 heteroatoms. The fraction of sp³-hybridized carbons (Fsp3) is 0.500. The van der Waals surface area contributed by atoms with E-state index in [4.69, 9.17) is 5.26 Å². The van der Waals surface area contributed by atoms with Crippen LogP contribution in [-0.4, -0.2) is 29.7 Å². The van der Waals surface area contributed by atoms with Gasteiger partial charge in [0.25, 0.3) is 0 Å². The highest BCUT2D eigenvalue weighted by atomic mass is 32.2. The van der Waals surface area contributed by atoms with Gasteiger partial charge >= 0.3 is 0 Å². The van der Waals surface area contributed by atoms with Gasteiger partial charge in [0.15, 0.2) is 15.6 Å². The van der Waals surface area contributed by atoms with Crippen LogP contribution in [0, 0.1) is 17.2 Å². The molecule has 0 amide bonds. The third-order valence-corrected chi connectivity index (χ3v) is 7.08. The Bertz CT molecular complexity index is 685. The molecule has 0 aromatic carbocycles. The molecule has 2 aliphatic heterocycles. The van der Waals surface area contributed by atoms with E-state index in [0.717, 1.165) is 0 Å². The van der Waals surface area contributed by atoms with E-state index in [1.54, 1.807) is 12.1 Å². The van der Waals surface area contributed by atoms with Gasteiger partial charge in [0, 0.05) is 12.1 Å². The lowest BCUT2D eigenvalue weighted by Gasteiger charge is -2.26. The number of hydrogen-bond acceptors (Lipinski definition) is 5. The quantitative estimate of drug-likeness (QED) is 0.770. The van der Waals surface area contributed by atoms with Crippen LogP contribution in [0.1, 0.15) is 41.7 Å². The molecule has 1 aromatic heterocycles. The summed E-state index contributed by atoms with van der Waals surface area (Å²) in [5.74, 6) is -0.507. The summed E-state index contributed by atoms with van der Waals surface area (Å²) < 4.78 is 24.0. The first-order valence-corrected chi connectivity index (χ1v) is 8.27. The molecule has 2 saturated heterocycles. The van der Waals surface area contributed by atoms with Crippen molar-refractivity contribution in [2.45, 2.75) is 36.2 Å². The van der Waals surface area contributed by atoms with Crippen LogP contribution in [0.15, 0.2) is 18.3 Å². The minimum absolute atomic E-state index is 0.179. The van der Waals surface area contributed by atoms with Gasteiger partial charge < -0.3 is 0 Å². The summed E-state index contributed by atoms with van der Waals surface area (Å²) >= 11 is 0. The van der Waals surface area contributed by atoms with Gasteiger partial charge in [0.1, 0.15) is 11.8 Å². The van der Waals surface area contributed by atoms with E-state index >= 15 is 0 Å². The van der Waals surface area contributed by atoms with Gasteiger partial charge in [-0.1, -0.05) is 0 Å². The SMILES string of the molecule is N#Cc1cccnc1C(=O)C1CC2CCC(C1)S2(=O)=O. The second kappa shape index (κ2) is 4.67. The average molecular weight is 290 g/mol. The number of hydrogen-bond donors (Lipinski definition) is 0. The van der Waals surface area contributed by atoms with Gasteiger partial charge in [0.05, 0.1) is 16.1 Å². The number of Topliss-reactive ketones (excluding diaryl/α,β-unsaturated/α-hetero) is 1. The van der Waals surface area contributed by atoms with Crippen LogP contribution >= 0.6 is 0 Å². The van der Waals surface area contributed by atoms with Crippen LogP contribution in [0.3, 0.4) is 0 Å². The molecule has 1 aromatic rings. The van der Waals surface area contributed by atoms with Crippen LogP contribution < -0.4 is 0 Å². The second-order valence-electron chi connectivity index (χ2n) is 5.45. The summed E-state index contributed by atoms with van der Waals surface area (Å²) in [6, 6.07) is 5.15. The number of pyridine rings is 1. The molecular weight excluding hydrogens is 276 g/mol. The monoisotopic (exact) mass is 290 g/mol. The van der Waals surface area contributed by atoms with E-state index in [1.807, 2.05) is 6.07 Å². The maximum absolute atomic E-state index is 12.5. The normalized spacial score (nSPS) is 30.6. The molecule has 0 radical (unpaired) electrons. The van der Waals surface area contributed by atoms with Crippen molar-refractivity contribution in [1.82, 2.24) is 4.98 Å². The maximum atomic E-state index is 12.5. The third-order valence-electron chi connectivity index (χ3n) is 4.37. The number of rotatable bonds is 2. The Morgan fingerprint density at radius 3 is 2.55 bits per heavy atom. The highest BCUT2D eigenvalue weighted by Gasteiger charge is 2.48. The first-order valence-electron chi connectivity index (χ1n) is 6.66. The number of nitrogens with zero attached hydrogens (tertiary/aromatic N) is 2. The Hall–Kier alpha value is -1.74. The number of ketones is 1. The number of carbonyl (C=O) groups is 1. The van der Waals surface area contributed by atoms with Crippen molar-refractivity contribution in [2.75, 3.05) is 0 Å². The Morgan fingerprint density at radius 2 is 1.95 bits per heavy atom. The van der Waals surface area contributed by atoms with Gasteiger partial charge in [-0.3, -0.25) is 9.78 Å². The summed E-state index contributed by atoms with van der Waals surface area (Å²) in [5.41, 5.74) is 0.442. The number of aromatic nitrogens is 1. The molecule has 0 saturated carbocycles. The molecule has 5 nitrogen and oxygen atoms in total. The fourth-order valence-electron chi connectivity index (χ4n) is 3.31. The van der Waals surface area contributed by atoms with E-state index in [0.29, 0.717) is 25.7 Å². The zero-order chi connectivity index (χ0) is 14.3. The number of fused-ring (bicyclic) bond motifs is 2. The molecule has 2 aliphatic rings. The summed E-state index contributed by atoms with van der Waals surface area (Å²) in [5, 5.41) is 8.26. The molecule has 0 aliphatic carbocycles. The van der Waals surface area contributed by atoms with Crippen LogP contribution in [0.2, 0.25) is 0 Å². The molecule has 3 rings (SSSR count). The van der Waals surface area contributed by atoms with Crippen LogP contribution in [0.5, 0.6) is 0 Å². The minimum Gasteiger partial charge on any atom is -0.292 e. The molecular formula is C14H14N2O3S. The van der Waals surface area contributed by atoms with Crippen molar-refractivity contribution in [1.29, 1.82) is 5.26 Å². The summed E-state index contributed by atoms with van der Waals surface area (Å²) in [6.07, 6.45) is 3.55. The molecule has 2 fully saturated rings. The molecule has 2 unspecified atom stereocenters. The van der Waals surface area contributed by atoms with E-state index in [-0.39, 0.29) is 33.5 Å². The largest absolute Gasteiger partial charge is 0.292 e. The van der Waals surface area contributed by atoms with E-state index in [9.17, 15) is 13.2 Å².